The van der Waals surface area contributed by atoms with Crippen molar-refractivity contribution in [2.24, 2.45) is 0 Å². The third-order valence-corrected chi connectivity index (χ3v) is 5.07. The monoisotopic (exact) mass is 384 g/mol. The molecule has 8 heteroatoms. The number of carbonyl (C=O) groups excluding carboxylic acids is 1. The molecule has 1 atom stereocenters. The summed E-state index contributed by atoms with van der Waals surface area (Å²) in [4.78, 5) is 12.8. The Bertz CT molecular complexity index is 940. The van der Waals surface area contributed by atoms with Gasteiger partial charge in [0.15, 0.2) is 17.3 Å². The maximum atomic E-state index is 12.8. The van der Waals surface area contributed by atoms with Crippen LogP contribution < -0.4 is 9.47 Å². The lowest BCUT2D eigenvalue weighted by Crippen LogP contribution is -2.15. The summed E-state index contributed by atoms with van der Waals surface area (Å²) in [6, 6.07) is 13.0. The molecule has 0 N–H and O–H groups in total. The Morgan fingerprint density at radius 1 is 1.07 bits per heavy atom. The van der Waals surface area contributed by atoms with Crippen LogP contribution in [0.2, 0.25) is 0 Å². The van der Waals surface area contributed by atoms with Gasteiger partial charge in [-0.05, 0) is 54.6 Å². The van der Waals surface area contributed by atoms with E-state index in [2.05, 4.69) is 15.5 Å². The quantitative estimate of drug-likeness (QED) is 0.456. The number of aromatic nitrogens is 4. The number of carbonyl (C=O) groups is 1. The van der Waals surface area contributed by atoms with Crippen molar-refractivity contribution >= 4 is 17.5 Å². The molecule has 1 heterocycles. The zero-order valence-electron chi connectivity index (χ0n) is 15.5. The summed E-state index contributed by atoms with van der Waals surface area (Å²) >= 11 is 1.31. The van der Waals surface area contributed by atoms with E-state index in [-0.39, 0.29) is 11.0 Å². The number of ether oxygens (including phenoxy) is 2. The van der Waals surface area contributed by atoms with E-state index >= 15 is 0 Å². The summed E-state index contributed by atoms with van der Waals surface area (Å²) in [5.41, 5.74) is 2.54. The average molecular weight is 384 g/mol. The zero-order chi connectivity index (χ0) is 19.4. The van der Waals surface area contributed by atoms with Crippen LogP contribution in [0.15, 0.2) is 47.6 Å². The smallest absolute Gasteiger partial charge is 0.214 e. The minimum absolute atomic E-state index is 0.0422. The van der Waals surface area contributed by atoms with Crippen LogP contribution in [0.5, 0.6) is 11.5 Å². The Hall–Kier alpha value is -2.87. The van der Waals surface area contributed by atoms with Crippen molar-refractivity contribution < 1.29 is 14.3 Å². The molecule has 0 saturated carbocycles. The standard InChI is InChI=1S/C19H20N4O3S/c1-12-5-8-15(9-6-12)23-19(20-21-22-23)27-13(2)18(24)14-7-10-16(25-3)17(11-14)26-4/h5-11,13H,1-4H3. The van der Waals surface area contributed by atoms with Crippen molar-refractivity contribution in [3.63, 3.8) is 0 Å². The summed E-state index contributed by atoms with van der Waals surface area (Å²) in [6.07, 6.45) is 0. The van der Waals surface area contributed by atoms with Crippen molar-refractivity contribution in [3.05, 3.63) is 53.6 Å². The van der Waals surface area contributed by atoms with Gasteiger partial charge in [0.1, 0.15) is 0 Å². The fourth-order valence-corrected chi connectivity index (χ4v) is 3.42. The fraction of sp³-hybridized carbons (Fsp3) is 0.263. The molecule has 0 aliphatic heterocycles. The predicted molar refractivity (Wildman–Crippen MR) is 103 cm³/mol. The van der Waals surface area contributed by atoms with Gasteiger partial charge in [0, 0.05) is 5.56 Å². The highest BCUT2D eigenvalue weighted by Crippen LogP contribution is 2.30. The van der Waals surface area contributed by atoms with Crippen molar-refractivity contribution in [1.29, 1.82) is 0 Å². The Kier molecular flexibility index (Phi) is 5.75. The molecule has 3 aromatic rings. The van der Waals surface area contributed by atoms with E-state index in [4.69, 9.17) is 9.47 Å². The molecule has 0 amide bonds. The van der Waals surface area contributed by atoms with Crippen LogP contribution in [0.25, 0.3) is 5.69 Å². The number of tetrazole rings is 1. The van der Waals surface area contributed by atoms with Gasteiger partial charge in [0.2, 0.25) is 5.16 Å². The van der Waals surface area contributed by atoms with Crippen molar-refractivity contribution in [2.45, 2.75) is 24.3 Å². The molecular weight excluding hydrogens is 364 g/mol. The SMILES string of the molecule is COc1ccc(C(=O)C(C)Sc2nnnn2-c2ccc(C)cc2)cc1OC. The molecule has 2 aromatic carbocycles. The Morgan fingerprint density at radius 3 is 2.44 bits per heavy atom. The van der Waals surface area contributed by atoms with Gasteiger partial charge in [-0.2, -0.15) is 4.68 Å². The van der Waals surface area contributed by atoms with Crippen LogP contribution in [0.3, 0.4) is 0 Å². The number of thioether (sulfide) groups is 1. The number of rotatable bonds is 7. The maximum Gasteiger partial charge on any atom is 0.214 e. The van der Waals surface area contributed by atoms with Crippen LogP contribution in [0, 0.1) is 6.92 Å². The van der Waals surface area contributed by atoms with E-state index in [0.717, 1.165) is 11.3 Å². The topological polar surface area (TPSA) is 79.1 Å². The molecule has 140 valence electrons. The number of nitrogens with zero attached hydrogens (tertiary/aromatic N) is 4. The van der Waals surface area contributed by atoms with E-state index in [0.29, 0.717) is 22.2 Å². The Morgan fingerprint density at radius 2 is 1.78 bits per heavy atom. The third-order valence-electron chi connectivity index (χ3n) is 4.04. The number of methoxy groups -OCH3 is 2. The van der Waals surface area contributed by atoms with Gasteiger partial charge in [0.05, 0.1) is 25.2 Å². The first-order chi connectivity index (χ1) is 13.0. The van der Waals surface area contributed by atoms with E-state index < -0.39 is 0 Å². The lowest BCUT2D eigenvalue weighted by molar-refractivity contribution is 0.0993. The van der Waals surface area contributed by atoms with Gasteiger partial charge >= 0.3 is 0 Å². The summed E-state index contributed by atoms with van der Waals surface area (Å²) < 4.78 is 12.1. The van der Waals surface area contributed by atoms with E-state index in [1.165, 1.54) is 11.8 Å². The van der Waals surface area contributed by atoms with Gasteiger partial charge in [-0.25, -0.2) is 0 Å². The second kappa shape index (κ2) is 8.22. The number of aryl methyl sites for hydroxylation is 1. The lowest BCUT2D eigenvalue weighted by Gasteiger charge is -2.12. The largest absolute Gasteiger partial charge is 0.493 e. The number of ketones is 1. The third kappa shape index (κ3) is 4.11. The summed E-state index contributed by atoms with van der Waals surface area (Å²) in [5, 5.41) is 12.0. The van der Waals surface area contributed by atoms with Gasteiger partial charge in [-0.1, -0.05) is 29.5 Å². The molecule has 0 bridgehead atoms. The average Bonchev–Trinajstić information content (AvgIpc) is 3.15. The Labute approximate surface area is 161 Å². The van der Waals surface area contributed by atoms with Crippen LogP contribution in [-0.2, 0) is 0 Å². The molecule has 1 aromatic heterocycles. The molecule has 1 unspecified atom stereocenters. The molecule has 0 spiro atoms. The highest BCUT2D eigenvalue weighted by molar-refractivity contribution is 8.00. The first-order valence-electron chi connectivity index (χ1n) is 8.31. The molecule has 27 heavy (non-hydrogen) atoms. The van der Waals surface area contributed by atoms with Crippen molar-refractivity contribution in [3.8, 4) is 17.2 Å². The summed E-state index contributed by atoms with van der Waals surface area (Å²) in [5.74, 6) is 1.06. The summed E-state index contributed by atoms with van der Waals surface area (Å²) in [6.45, 7) is 3.85. The Balaban J connectivity index is 1.80. The second-order valence-corrected chi connectivity index (χ2v) is 7.21. The lowest BCUT2D eigenvalue weighted by atomic mass is 10.1. The maximum absolute atomic E-state index is 12.8. The molecule has 0 aliphatic rings. The van der Waals surface area contributed by atoms with Gasteiger partial charge in [-0.15, -0.1) is 5.10 Å². The first-order valence-corrected chi connectivity index (χ1v) is 9.19. The first kappa shape index (κ1) is 18.9. The zero-order valence-corrected chi connectivity index (χ0v) is 16.4. The van der Waals surface area contributed by atoms with Crippen molar-refractivity contribution in [1.82, 2.24) is 20.2 Å². The van der Waals surface area contributed by atoms with Crippen LogP contribution >= 0.6 is 11.8 Å². The molecular formula is C19H20N4O3S. The number of hydrogen-bond acceptors (Lipinski definition) is 7. The minimum atomic E-state index is -0.377. The number of hydrogen-bond donors (Lipinski definition) is 0. The minimum Gasteiger partial charge on any atom is -0.493 e. The van der Waals surface area contributed by atoms with Gasteiger partial charge in [0.25, 0.3) is 0 Å². The number of benzene rings is 2. The molecule has 0 fully saturated rings. The van der Waals surface area contributed by atoms with E-state index in [1.807, 2.05) is 38.1 Å². The highest BCUT2D eigenvalue weighted by Gasteiger charge is 2.21. The molecule has 7 nitrogen and oxygen atoms in total. The number of Topliss-reactive ketones (excluding diaryl/α,β-unsaturated/α-hetero) is 1. The van der Waals surface area contributed by atoms with Crippen LogP contribution in [0.4, 0.5) is 0 Å². The molecule has 0 radical (unpaired) electrons. The second-order valence-electron chi connectivity index (χ2n) is 5.90. The highest BCUT2D eigenvalue weighted by atomic mass is 32.2. The molecule has 0 saturated heterocycles. The predicted octanol–water partition coefficient (Wildman–Crippen LogP) is 3.35. The van der Waals surface area contributed by atoms with Crippen LogP contribution in [0.1, 0.15) is 22.8 Å². The van der Waals surface area contributed by atoms with E-state index in [9.17, 15) is 4.79 Å². The van der Waals surface area contributed by atoms with Gasteiger partial charge < -0.3 is 9.47 Å². The van der Waals surface area contributed by atoms with Crippen LogP contribution in [-0.4, -0.2) is 45.5 Å². The normalized spacial score (nSPS) is 11.9. The van der Waals surface area contributed by atoms with E-state index in [1.54, 1.807) is 37.1 Å². The summed E-state index contributed by atoms with van der Waals surface area (Å²) in [7, 11) is 3.10. The van der Waals surface area contributed by atoms with Crippen molar-refractivity contribution in [2.75, 3.05) is 14.2 Å². The fourth-order valence-electron chi connectivity index (χ4n) is 2.54. The van der Waals surface area contributed by atoms with Gasteiger partial charge in [-0.3, -0.25) is 4.79 Å². The molecule has 0 aliphatic carbocycles. The molecule has 3 rings (SSSR count).